The summed E-state index contributed by atoms with van der Waals surface area (Å²) in [5.41, 5.74) is -2.05. The zero-order valence-corrected chi connectivity index (χ0v) is 11.6. The zero-order chi connectivity index (χ0) is 14.9. The summed E-state index contributed by atoms with van der Waals surface area (Å²) in [4.78, 5) is 4.01. The van der Waals surface area contributed by atoms with E-state index in [9.17, 15) is 13.2 Å². The molecular weight excluding hydrogens is 287 g/mol. The molecule has 2 atom stereocenters. The van der Waals surface area contributed by atoms with Gasteiger partial charge in [-0.1, -0.05) is 5.16 Å². The average molecular weight is 305 g/mol. The number of halogens is 3. The monoisotopic (exact) mass is 305 g/mol. The van der Waals surface area contributed by atoms with E-state index >= 15 is 0 Å². The molecule has 3 heterocycles. The summed E-state index contributed by atoms with van der Waals surface area (Å²) in [6.07, 6.45) is -1.11. The summed E-state index contributed by atoms with van der Waals surface area (Å²) >= 11 is 0. The lowest BCUT2D eigenvalue weighted by atomic mass is 9.86. The Morgan fingerprint density at radius 2 is 2.19 bits per heavy atom. The molecule has 5 nitrogen and oxygen atoms in total. The highest BCUT2D eigenvalue weighted by Gasteiger charge is 2.61. The first-order valence-electron chi connectivity index (χ1n) is 7.23. The fraction of sp³-hybridized carbons (Fsp3) is 0.846. The van der Waals surface area contributed by atoms with Crippen LogP contribution in [-0.2, 0) is 16.6 Å². The van der Waals surface area contributed by atoms with E-state index in [0.717, 1.165) is 19.3 Å². The van der Waals surface area contributed by atoms with E-state index < -0.39 is 11.6 Å². The number of hydrogen-bond donors (Lipinski definition) is 1. The molecule has 0 bridgehead atoms. The Morgan fingerprint density at radius 3 is 2.81 bits per heavy atom. The van der Waals surface area contributed by atoms with Crippen molar-refractivity contribution < 1.29 is 22.4 Å². The Morgan fingerprint density at radius 1 is 1.33 bits per heavy atom. The number of aromatic nitrogens is 2. The molecule has 2 aliphatic rings. The van der Waals surface area contributed by atoms with Gasteiger partial charge in [0.2, 0.25) is 5.89 Å². The molecular formula is C13H18F3N3O2. The number of ether oxygens (including phenoxy) is 1. The summed E-state index contributed by atoms with van der Waals surface area (Å²) < 4.78 is 50.6. The third-order valence-corrected chi connectivity index (χ3v) is 4.26. The number of nitrogens with one attached hydrogen (secondary N) is 1. The standard InChI is InChI=1S/C13H18F3N3O2/c14-13(15,16)12(4-5-17-8-12)11-18-10(19-21-11)7-9-3-1-2-6-20-9/h9,17H,1-8H2. The smallest absolute Gasteiger partial charge is 0.378 e. The molecule has 0 amide bonds. The second-order valence-electron chi connectivity index (χ2n) is 5.72. The highest BCUT2D eigenvalue weighted by atomic mass is 19.4. The lowest BCUT2D eigenvalue weighted by Crippen LogP contribution is -2.44. The maximum absolute atomic E-state index is 13.4. The van der Waals surface area contributed by atoms with Crippen LogP contribution in [0.1, 0.15) is 37.4 Å². The molecule has 3 rings (SSSR count). The Kier molecular flexibility index (Phi) is 3.92. The largest absolute Gasteiger partial charge is 0.404 e. The van der Waals surface area contributed by atoms with Gasteiger partial charge in [0.25, 0.3) is 0 Å². The molecule has 2 aliphatic heterocycles. The maximum Gasteiger partial charge on any atom is 0.404 e. The quantitative estimate of drug-likeness (QED) is 0.925. The van der Waals surface area contributed by atoms with Crippen LogP contribution in [-0.4, -0.2) is 42.1 Å². The van der Waals surface area contributed by atoms with Crippen molar-refractivity contribution in [1.82, 2.24) is 15.5 Å². The van der Waals surface area contributed by atoms with Gasteiger partial charge in [-0.2, -0.15) is 18.2 Å². The first-order valence-corrected chi connectivity index (χ1v) is 7.23. The van der Waals surface area contributed by atoms with Crippen LogP contribution in [0.15, 0.2) is 4.52 Å². The first kappa shape index (κ1) is 14.8. The molecule has 0 aliphatic carbocycles. The van der Waals surface area contributed by atoms with E-state index in [-0.39, 0.29) is 25.0 Å². The molecule has 118 valence electrons. The van der Waals surface area contributed by atoms with Crippen molar-refractivity contribution in [3.8, 4) is 0 Å². The van der Waals surface area contributed by atoms with Crippen molar-refractivity contribution in [2.24, 2.45) is 0 Å². The van der Waals surface area contributed by atoms with E-state index in [1.54, 1.807) is 0 Å². The van der Waals surface area contributed by atoms with Crippen LogP contribution in [0.5, 0.6) is 0 Å². The molecule has 0 aromatic carbocycles. The topological polar surface area (TPSA) is 60.2 Å². The van der Waals surface area contributed by atoms with Crippen LogP contribution in [0, 0.1) is 0 Å². The van der Waals surface area contributed by atoms with E-state index in [0.29, 0.717) is 25.4 Å². The van der Waals surface area contributed by atoms with Crippen LogP contribution >= 0.6 is 0 Å². The van der Waals surface area contributed by atoms with E-state index in [1.165, 1.54) is 0 Å². The molecule has 2 unspecified atom stereocenters. The predicted octanol–water partition coefficient (Wildman–Crippen LogP) is 1.97. The van der Waals surface area contributed by atoms with Crippen molar-refractivity contribution in [2.75, 3.05) is 19.7 Å². The SMILES string of the molecule is FC(F)(F)C1(c2nc(CC3CCCCO3)no2)CCNC1. The molecule has 21 heavy (non-hydrogen) atoms. The van der Waals surface area contributed by atoms with Crippen molar-refractivity contribution in [3.63, 3.8) is 0 Å². The Hall–Kier alpha value is -1.15. The van der Waals surface area contributed by atoms with Gasteiger partial charge in [0.05, 0.1) is 6.10 Å². The Bertz CT molecular complexity index is 477. The lowest BCUT2D eigenvalue weighted by molar-refractivity contribution is -0.191. The maximum atomic E-state index is 13.4. The molecule has 0 spiro atoms. The Labute approximate surface area is 120 Å². The van der Waals surface area contributed by atoms with Gasteiger partial charge in [-0.3, -0.25) is 0 Å². The van der Waals surface area contributed by atoms with Crippen molar-refractivity contribution in [1.29, 1.82) is 0 Å². The van der Waals surface area contributed by atoms with Gasteiger partial charge in [0.1, 0.15) is 0 Å². The minimum atomic E-state index is -4.40. The number of rotatable bonds is 3. The van der Waals surface area contributed by atoms with Crippen molar-refractivity contribution >= 4 is 0 Å². The molecule has 1 N–H and O–H groups in total. The van der Waals surface area contributed by atoms with Crippen molar-refractivity contribution in [2.45, 2.75) is 49.8 Å². The van der Waals surface area contributed by atoms with Gasteiger partial charge in [-0.05, 0) is 32.2 Å². The van der Waals surface area contributed by atoms with Crippen LogP contribution < -0.4 is 5.32 Å². The molecule has 0 saturated carbocycles. The molecule has 0 radical (unpaired) electrons. The highest BCUT2D eigenvalue weighted by molar-refractivity contribution is 5.14. The minimum absolute atomic E-state index is 0.0206. The predicted molar refractivity (Wildman–Crippen MR) is 66.8 cm³/mol. The molecule has 1 aromatic heterocycles. The van der Waals surface area contributed by atoms with Gasteiger partial charge >= 0.3 is 6.18 Å². The van der Waals surface area contributed by atoms with Crippen molar-refractivity contribution in [3.05, 3.63) is 11.7 Å². The third kappa shape index (κ3) is 2.78. The van der Waals surface area contributed by atoms with Gasteiger partial charge in [-0.15, -0.1) is 0 Å². The molecule has 2 saturated heterocycles. The zero-order valence-electron chi connectivity index (χ0n) is 11.6. The number of nitrogens with zero attached hydrogens (tertiary/aromatic N) is 2. The van der Waals surface area contributed by atoms with Gasteiger partial charge in [-0.25, -0.2) is 0 Å². The third-order valence-electron chi connectivity index (χ3n) is 4.26. The number of alkyl halides is 3. The van der Waals surface area contributed by atoms with Gasteiger partial charge in [0, 0.05) is 19.6 Å². The number of hydrogen-bond acceptors (Lipinski definition) is 5. The lowest BCUT2D eigenvalue weighted by Gasteiger charge is -2.26. The summed E-state index contributed by atoms with van der Waals surface area (Å²) in [5.74, 6) is -0.0294. The minimum Gasteiger partial charge on any atom is -0.378 e. The van der Waals surface area contributed by atoms with Crippen LogP contribution in [0.3, 0.4) is 0 Å². The summed E-state index contributed by atoms with van der Waals surface area (Å²) in [7, 11) is 0. The average Bonchev–Trinajstić information content (AvgIpc) is 3.08. The fourth-order valence-corrected chi connectivity index (χ4v) is 2.94. The normalized spacial score (nSPS) is 30.7. The van der Waals surface area contributed by atoms with E-state index in [1.807, 2.05) is 0 Å². The fourth-order valence-electron chi connectivity index (χ4n) is 2.94. The second kappa shape index (κ2) is 5.57. The summed E-state index contributed by atoms with van der Waals surface area (Å²) in [6, 6.07) is 0. The van der Waals surface area contributed by atoms with Crippen LogP contribution in [0.25, 0.3) is 0 Å². The Balaban J connectivity index is 1.76. The van der Waals surface area contributed by atoms with Crippen LogP contribution in [0.4, 0.5) is 13.2 Å². The summed E-state index contributed by atoms with van der Waals surface area (Å²) in [5, 5.41) is 6.46. The van der Waals surface area contributed by atoms with E-state index in [2.05, 4.69) is 15.5 Å². The van der Waals surface area contributed by atoms with Gasteiger partial charge in [0.15, 0.2) is 11.2 Å². The molecule has 1 aromatic rings. The first-order chi connectivity index (χ1) is 10.0. The van der Waals surface area contributed by atoms with E-state index in [4.69, 9.17) is 9.26 Å². The van der Waals surface area contributed by atoms with Gasteiger partial charge < -0.3 is 14.6 Å². The molecule has 8 heteroatoms. The molecule has 2 fully saturated rings. The highest BCUT2D eigenvalue weighted by Crippen LogP contribution is 2.44. The van der Waals surface area contributed by atoms with Crippen LogP contribution in [0.2, 0.25) is 0 Å². The summed E-state index contributed by atoms with van der Waals surface area (Å²) in [6.45, 7) is 0.771. The second-order valence-corrected chi connectivity index (χ2v) is 5.72.